The molecule has 6 nitrogen and oxygen atoms in total. The van der Waals surface area contributed by atoms with Crippen molar-refractivity contribution < 1.29 is 14.4 Å². The number of nitrogens with zero attached hydrogens (tertiary/aromatic N) is 1. The summed E-state index contributed by atoms with van der Waals surface area (Å²) in [4.78, 5) is 38.1. The zero-order chi connectivity index (χ0) is 18.7. The van der Waals surface area contributed by atoms with Crippen molar-refractivity contribution in [3.63, 3.8) is 0 Å². The van der Waals surface area contributed by atoms with E-state index in [1.54, 1.807) is 41.3 Å². The highest BCUT2D eigenvalue weighted by Crippen LogP contribution is 2.26. The summed E-state index contributed by atoms with van der Waals surface area (Å²) in [6.45, 7) is 0.258. The Balaban J connectivity index is 1.59. The molecule has 1 atom stereocenters. The molecule has 0 radical (unpaired) electrons. The van der Waals surface area contributed by atoms with Gasteiger partial charge in [0.15, 0.2) is 0 Å². The molecule has 0 spiro atoms. The molecule has 0 bridgehead atoms. The molecule has 1 aliphatic heterocycles. The van der Waals surface area contributed by atoms with Gasteiger partial charge in [0.1, 0.15) is 0 Å². The number of halogens is 2. The van der Waals surface area contributed by atoms with Gasteiger partial charge in [0, 0.05) is 23.1 Å². The van der Waals surface area contributed by atoms with Gasteiger partial charge >= 0.3 is 0 Å². The number of hydrogen-bond donors (Lipinski definition) is 2. The van der Waals surface area contributed by atoms with Crippen LogP contribution in [-0.2, 0) is 9.59 Å². The molecular formula is C18H15BrClN3O3. The molecule has 0 aromatic heterocycles. The van der Waals surface area contributed by atoms with E-state index in [4.69, 9.17) is 11.6 Å². The molecule has 0 unspecified atom stereocenters. The number of anilines is 1. The van der Waals surface area contributed by atoms with E-state index < -0.39 is 17.7 Å². The third kappa shape index (κ3) is 4.05. The summed E-state index contributed by atoms with van der Waals surface area (Å²) < 4.78 is 0.907. The number of amides is 3. The molecular weight excluding hydrogens is 422 g/mol. The number of carbonyl (C=O) groups excluding carboxylic acids is 3. The fourth-order valence-electron chi connectivity index (χ4n) is 2.69. The average Bonchev–Trinajstić information content (AvgIpc) is 3.02. The quantitative estimate of drug-likeness (QED) is 0.726. The summed E-state index contributed by atoms with van der Waals surface area (Å²) in [6.07, 6.45) is 0.0872. The van der Waals surface area contributed by atoms with Gasteiger partial charge < -0.3 is 4.90 Å². The zero-order valence-corrected chi connectivity index (χ0v) is 15.9. The molecule has 1 fully saturated rings. The standard InChI is InChI=1S/C18H15BrClN3O3/c19-12-5-7-13(8-6-12)23-10-11(9-16(23)24)17(25)21-22-18(26)14-3-1-2-4-15(14)20/h1-8,11H,9-10H2,(H,21,25)(H,22,26)/t11-/m0/s1. The highest BCUT2D eigenvalue weighted by atomic mass is 79.9. The minimum absolute atomic E-state index is 0.0872. The lowest BCUT2D eigenvalue weighted by atomic mass is 10.1. The molecule has 8 heteroatoms. The van der Waals surface area contributed by atoms with E-state index in [2.05, 4.69) is 26.8 Å². The number of hydrogen-bond acceptors (Lipinski definition) is 3. The van der Waals surface area contributed by atoms with Crippen LogP contribution in [0.25, 0.3) is 0 Å². The van der Waals surface area contributed by atoms with Crippen LogP contribution in [0.3, 0.4) is 0 Å². The Hall–Kier alpha value is -2.38. The van der Waals surface area contributed by atoms with Crippen LogP contribution in [0.4, 0.5) is 5.69 Å². The maximum absolute atomic E-state index is 12.3. The fraction of sp³-hybridized carbons (Fsp3) is 0.167. The lowest BCUT2D eigenvalue weighted by Gasteiger charge is -2.17. The predicted molar refractivity (Wildman–Crippen MR) is 102 cm³/mol. The summed E-state index contributed by atoms with van der Waals surface area (Å²) in [5.41, 5.74) is 5.69. The van der Waals surface area contributed by atoms with Gasteiger partial charge in [0.25, 0.3) is 5.91 Å². The van der Waals surface area contributed by atoms with Crippen LogP contribution >= 0.6 is 27.5 Å². The Kier molecular flexibility index (Phi) is 5.58. The van der Waals surface area contributed by atoms with Crippen LogP contribution in [0.15, 0.2) is 53.0 Å². The van der Waals surface area contributed by atoms with E-state index in [1.165, 1.54) is 0 Å². The third-order valence-corrected chi connectivity index (χ3v) is 4.91. The van der Waals surface area contributed by atoms with Crippen LogP contribution in [0.5, 0.6) is 0 Å². The SMILES string of the molecule is O=C(NNC(=O)[C@H]1CC(=O)N(c2ccc(Br)cc2)C1)c1ccccc1Cl. The number of rotatable bonds is 3. The summed E-state index contributed by atoms with van der Waals surface area (Å²) in [5.74, 6) is -1.61. The second-order valence-electron chi connectivity index (χ2n) is 5.81. The van der Waals surface area contributed by atoms with E-state index in [0.29, 0.717) is 0 Å². The molecule has 2 aromatic carbocycles. The van der Waals surface area contributed by atoms with Crippen LogP contribution in [-0.4, -0.2) is 24.3 Å². The molecule has 0 saturated carbocycles. The summed E-state index contributed by atoms with van der Waals surface area (Å²) >= 11 is 9.30. The summed E-state index contributed by atoms with van der Waals surface area (Å²) in [5, 5.41) is 0.289. The molecule has 26 heavy (non-hydrogen) atoms. The number of carbonyl (C=O) groups is 3. The van der Waals surface area contributed by atoms with Crippen LogP contribution in [0.1, 0.15) is 16.8 Å². The second-order valence-corrected chi connectivity index (χ2v) is 7.13. The van der Waals surface area contributed by atoms with Gasteiger partial charge in [0.05, 0.1) is 16.5 Å². The largest absolute Gasteiger partial charge is 0.312 e. The maximum atomic E-state index is 12.3. The van der Waals surface area contributed by atoms with Crippen LogP contribution in [0.2, 0.25) is 5.02 Å². The highest BCUT2D eigenvalue weighted by molar-refractivity contribution is 9.10. The van der Waals surface area contributed by atoms with E-state index in [1.807, 2.05) is 12.1 Å². The second kappa shape index (κ2) is 7.88. The maximum Gasteiger partial charge on any atom is 0.271 e. The summed E-state index contributed by atoms with van der Waals surface area (Å²) in [6, 6.07) is 13.8. The average molecular weight is 437 g/mol. The molecule has 2 N–H and O–H groups in total. The van der Waals surface area contributed by atoms with Crippen molar-refractivity contribution in [1.29, 1.82) is 0 Å². The number of hydrazine groups is 1. The first kappa shape index (κ1) is 18.4. The molecule has 134 valence electrons. The van der Waals surface area contributed by atoms with Crippen molar-refractivity contribution >= 4 is 50.9 Å². The minimum atomic E-state index is -0.544. The lowest BCUT2D eigenvalue weighted by Crippen LogP contribution is -2.45. The Labute approximate surface area is 163 Å². The number of nitrogens with one attached hydrogen (secondary N) is 2. The third-order valence-electron chi connectivity index (χ3n) is 4.05. The molecule has 2 aromatic rings. The molecule has 1 aliphatic rings. The van der Waals surface area contributed by atoms with E-state index in [0.717, 1.165) is 10.2 Å². The van der Waals surface area contributed by atoms with Gasteiger partial charge in [-0.3, -0.25) is 25.2 Å². The van der Waals surface area contributed by atoms with Gasteiger partial charge in [0.2, 0.25) is 11.8 Å². The lowest BCUT2D eigenvalue weighted by molar-refractivity contribution is -0.126. The van der Waals surface area contributed by atoms with Crippen molar-refractivity contribution in [2.45, 2.75) is 6.42 Å². The van der Waals surface area contributed by atoms with Gasteiger partial charge in [-0.25, -0.2) is 0 Å². The Bertz CT molecular complexity index is 857. The van der Waals surface area contributed by atoms with Gasteiger partial charge in [-0.2, -0.15) is 0 Å². The Morgan fingerprint density at radius 2 is 1.77 bits per heavy atom. The van der Waals surface area contributed by atoms with Gasteiger partial charge in [-0.1, -0.05) is 39.7 Å². The van der Waals surface area contributed by atoms with Gasteiger partial charge in [-0.15, -0.1) is 0 Å². The van der Waals surface area contributed by atoms with Crippen molar-refractivity contribution in [2.75, 3.05) is 11.4 Å². The molecule has 1 saturated heterocycles. The molecule has 3 amide bonds. The van der Waals surface area contributed by atoms with Gasteiger partial charge in [-0.05, 0) is 36.4 Å². The van der Waals surface area contributed by atoms with E-state index in [9.17, 15) is 14.4 Å². The smallest absolute Gasteiger partial charge is 0.271 e. The monoisotopic (exact) mass is 435 g/mol. The van der Waals surface area contributed by atoms with E-state index in [-0.39, 0.29) is 29.5 Å². The molecule has 1 heterocycles. The van der Waals surface area contributed by atoms with Crippen LogP contribution in [0, 0.1) is 5.92 Å². The van der Waals surface area contributed by atoms with Crippen molar-refractivity contribution in [1.82, 2.24) is 10.9 Å². The number of benzene rings is 2. The first-order valence-electron chi connectivity index (χ1n) is 7.86. The molecule has 0 aliphatic carbocycles. The molecule has 3 rings (SSSR count). The van der Waals surface area contributed by atoms with Crippen molar-refractivity contribution in [3.8, 4) is 0 Å². The highest BCUT2D eigenvalue weighted by Gasteiger charge is 2.35. The topological polar surface area (TPSA) is 78.5 Å². The fourth-order valence-corrected chi connectivity index (χ4v) is 3.17. The van der Waals surface area contributed by atoms with Crippen LogP contribution < -0.4 is 15.8 Å². The predicted octanol–water partition coefficient (Wildman–Crippen LogP) is 2.92. The van der Waals surface area contributed by atoms with Crippen molar-refractivity contribution in [2.24, 2.45) is 5.92 Å². The minimum Gasteiger partial charge on any atom is -0.312 e. The van der Waals surface area contributed by atoms with Crippen molar-refractivity contribution in [3.05, 3.63) is 63.6 Å². The zero-order valence-electron chi connectivity index (χ0n) is 13.5. The first-order chi connectivity index (χ1) is 12.5. The van der Waals surface area contributed by atoms with E-state index >= 15 is 0 Å². The first-order valence-corrected chi connectivity index (χ1v) is 9.03. The normalized spacial score (nSPS) is 16.5. The Morgan fingerprint density at radius 1 is 1.08 bits per heavy atom. The Morgan fingerprint density at radius 3 is 2.46 bits per heavy atom. The summed E-state index contributed by atoms with van der Waals surface area (Å²) in [7, 11) is 0.